The maximum absolute atomic E-state index is 5.26. The van der Waals surface area contributed by atoms with Crippen molar-refractivity contribution in [2.75, 3.05) is 20.1 Å². The Morgan fingerprint density at radius 3 is 2.83 bits per heavy atom. The van der Waals surface area contributed by atoms with E-state index in [1.165, 1.54) is 25.8 Å². The smallest absolute Gasteiger partial charge is 0.185 e. The highest BCUT2D eigenvalue weighted by atomic mass is 15.2. The molecular weight excluding hydrogens is 152 g/mol. The van der Waals surface area contributed by atoms with E-state index in [2.05, 4.69) is 16.9 Å². The quantitative estimate of drug-likeness (QED) is 0.443. The Bertz CT molecular complexity index is 162. The monoisotopic (exact) mass is 170 g/mol. The second kappa shape index (κ2) is 4.30. The van der Waals surface area contributed by atoms with Gasteiger partial charge in [-0.15, -0.1) is 0 Å². The first kappa shape index (κ1) is 9.32. The average molecular weight is 170 g/mol. The maximum Gasteiger partial charge on any atom is 0.185 e. The van der Waals surface area contributed by atoms with Gasteiger partial charge in [0.05, 0.1) is 6.54 Å². The van der Waals surface area contributed by atoms with Crippen LogP contribution in [0, 0.1) is 0 Å². The minimum Gasteiger partial charge on any atom is -0.370 e. The van der Waals surface area contributed by atoms with Gasteiger partial charge in [-0.3, -0.25) is 4.99 Å². The lowest BCUT2D eigenvalue weighted by Gasteiger charge is -2.31. The van der Waals surface area contributed by atoms with Gasteiger partial charge >= 0.3 is 0 Å². The minimum atomic E-state index is 0.203. The third-order valence-electron chi connectivity index (χ3n) is 2.41. The third-order valence-corrected chi connectivity index (χ3v) is 2.41. The fraction of sp³-hybridized carbons (Fsp3) is 0.875. The highest BCUT2D eigenvalue weighted by molar-refractivity contribution is 5.75. The van der Waals surface area contributed by atoms with Gasteiger partial charge in [-0.05, 0) is 26.4 Å². The van der Waals surface area contributed by atoms with Crippen LogP contribution in [-0.2, 0) is 0 Å². The summed E-state index contributed by atoms with van der Waals surface area (Å²) in [5.41, 5.74) is 10.5. The van der Waals surface area contributed by atoms with Crippen molar-refractivity contribution in [1.82, 2.24) is 4.90 Å². The fourth-order valence-corrected chi connectivity index (χ4v) is 1.59. The molecule has 0 saturated carbocycles. The normalized spacial score (nSPS) is 25.2. The Morgan fingerprint density at radius 2 is 2.25 bits per heavy atom. The summed E-state index contributed by atoms with van der Waals surface area (Å²) < 4.78 is 0. The van der Waals surface area contributed by atoms with Crippen LogP contribution >= 0.6 is 0 Å². The molecule has 4 nitrogen and oxygen atoms in total. The van der Waals surface area contributed by atoms with Crippen molar-refractivity contribution in [3.05, 3.63) is 0 Å². The zero-order valence-electron chi connectivity index (χ0n) is 7.66. The van der Waals surface area contributed by atoms with Crippen LogP contribution in [0.5, 0.6) is 0 Å². The number of likely N-dealkylation sites (N-methyl/N-ethyl adjacent to an activating group) is 1. The molecule has 1 aliphatic heterocycles. The number of guanidine groups is 1. The number of likely N-dealkylation sites (tertiary alicyclic amines) is 1. The van der Waals surface area contributed by atoms with Crippen LogP contribution in [0.3, 0.4) is 0 Å². The van der Waals surface area contributed by atoms with Crippen LogP contribution in [0.25, 0.3) is 0 Å². The molecular formula is C8H18N4. The highest BCUT2D eigenvalue weighted by Gasteiger charge is 2.17. The van der Waals surface area contributed by atoms with E-state index < -0.39 is 0 Å². The topological polar surface area (TPSA) is 67.6 Å². The van der Waals surface area contributed by atoms with Gasteiger partial charge in [-0.2, -0.15) is 0 Å². The molecule has 1 saturated heterocycles. The summed E-state index contributed by atoms with van der Waals surface area (Å²) in [5.74, 6) is 0.203. The van der Waals surface area contributed by atoms with Crippen molar-refractivity contribution in [3.8, 4) is 0 Å². The zero-order chi connectivity index (χ0) is 8.97. The summed E-state index contributed by atoms with van der Waals surface area (Å²) >= 11 is 0. The van der Waals surface area contributed by atoms with Gasteiger partial charge in [0.1, 0.15) is 0 Å². The lowest BCUT2D eigenvalue weighted by Crippen LogP contribution is -2.39. The number of hydrogen-bond donors (Lipinski definition) is 2. The molecule has 4 N–H and O–H groups in total. The second-order valence-corrected chi connectivity index (χ2v) is 3.40. The summed E-state index contributed by atoms with van der Waals surface area (Å²) in [7, 11) is 2.13. The minimum absolute atomic E-state index is 0.203. The highest BCUT2D eigenvalue weighted by Crippen LogP contribution is 2.14. The Morgan fingerprint density at radius 1 is 1.50 bits per heavy atom. The summed E-state index contributed by atoms with van der Waals surface area (Å²) in [6.45, 7) is 1.92. The largest absolute Gasteiger partial charge is 0.370 e. The summed E-state index contributed by atoms with van der Waals surface area (Å²) in [6.07, 6.45) is 3.82. The zero-order valence-corrected chi connectivity index (χ0v) is 7.66. The van der Waals surface area contributed by atoms with Gasteiger partial charge in [0.15, 0.2) is 5.96 Å². The molecule has 0 aliphatic carbocycles. The van der Waals surface area contributed by atoms with E-state index in [4.69, 9.17) is 11.5 Å². The lowest BCUT2D eigenvalue weighted by molar-refractivity contribution is 0.191. The predicted octanol–water partition coefficient (Wildman–Crippen LogP) is -0.256. The third kappa shape index (κ3) is 2.70. The van der Waals surface area contributed by atoms with Crippen LogP contribution in [0.15, 0.2) is 4.99 Å². The van der Waals surface area contributed by atoms with E-state index >= 15 is 0 Å². The van der Waals surface area contributed by atoms with E-state index in [1.807, 2.05) is 0 Å². The first-order valence-electron chi connectivity index (χ1n) is 4.46. The molecule has 1 fully saturated rings. The Balaban J connectivity index is 2.34. The van der Waals surface area contributed by atoms with Crippen LogP contribution in [-0.4, -0.2) is 37.0 Å². The number of piperidine rings is 1. The van der Waals surface area contributed by atoms with Crippen LogP contribution < -0.4 is 11.5 Å². The SMILES string of the molecule is CN1CCCCC1CN=C(N)N. The number of aliphatic imine (C=N–C) groups is 1. The van der Waals surface area contributed by atoms with Crippen molar-refractivity contribution in [2.45, 2.75) is 25.3 Å². The van der Waals surface area contributed by atoms with Gasteiger partial charge in [-0.25, -0.2) is 0 Å². The molecule has 1 heterocycles. The maximum atomic E-state index is 5.26. The van der Waals surface area contributed by atoms with Gasteiger partial charge in [-0.1, -0.05) is 6.42 Å². The van der Waals surface area contributed by atoms with Crippen molar-refractivity contribution in [3.63, 3.8) is 0 Å². The first-order valence-corrected chi connectivity index (χ1v) is 4.46. The van der Waals surface area contributed by atoms with Gasteiger partial charge in [0.25, 0.3) is 0 Å². The van der Waals surface area contributed by atoms with Crippen molar-refractivity contribution < 1.29 is 0 Å². The van der Waals surface area contributed by atoms with E-state index in [-0.39, 0.29) is 5.96 Å². The fourth-order valence-electron chi connectivity index (χ4n) is 1.59. The number of hydrogen-bond acceptors (Lipinski definition) is 2. The van der Waals surface area contributed by atoms with Gasteiger partial charge in [0, 0.05) is 6.04 Å². The molecule has 0 aromatic carbocycles. The molecule has 4 heteroatoms. The Kier molecular flexibility index (Phi) is 3.34. The van der Waals surface area contributed by atoms with Crippen molar-refractivity contribution in [2.24, 2.45) is 16.5 Å². The molecule has 70 valence electrons. The van der Waals surface area contributed by atoms with E-state index in [1.54, 1.807) is 0 Å². The van der Waals surface area contributed by atoms with E-state index in [0.717, 1.165) is 6.54 Å². The van der Waals surface area contributed by atoms with Crippen LogP contribution in [0.1, 0.15) is 19.3 Å². The molecule has 12 heavy (non-hydrogen) atoms. The second-order valence-electron chi connectivity index (χ2n) is 3.40. The molecule has 1 atom stereocenters. The number of nitrogens with zero attached hydrogens (tertiary/aromatic N) is 2. The van der Waals surface area contributed by atoms with E-state index in [9.17, 15) is 0 Å². The van der Waals surface area contributed by atoms with Gasteiger partial charge < -0.3 is 16.4 Å². The first-order chi connectivity index (χ1) is 5.70. The number of rotatable bonds is 2. The summed E-state index contributed by atoms with van der Waals surface area (Å²) in [6, 6.07) is 0.542. The Labute approximate surface area is 73.6 Å². The molecule has 0 aromatic rings. The van der Waals surface area contributed by atoms with E-state index in [0.29, 0.717) is 6.04 Å². The molecule has 0 bridgehead atoms. The molecule has 1 rings (SSSR count). The van der Waals surface area contributed by atoms with Crippen LogP contribution in [0.4, 0.5) is 0 Å². The van der Waals surface area contributed by atoms with Crippen LogP contribution in [0.2, 0.25) is 0 Å². The van der Waals surface area contributed by atoms with Crippen molar-refractivity contribution in [1.29, 1.82) is 0 Å². The average Bonchev–Trinajstić information content (AvgIpc) is 2.03. The number of nitrogens with two attached hydrogens (primary N) is 2. The van der Waals surface area contributed by atoms with Gasteiger partial charge in [0.2, 0.25) is 0 Å². The standard InChI is InChI=1S/C8H18N4/c1-12-5-3-2-4-7(12)6-11-8(9)10/h7H,2-6H2,1H3,(H4,9,10,11). The molecule has 0 spiro atoms. The lowest BCUT2D eigenvalue weighted by atomic mass is 10.0. The molecule has 0 amide bonds. The summed E-state index contributed by atoms with van der Waals surface area (Å²) in [4.78, 5) is 6.36. The Hall–Kier alpha value is -0.770. The summed E-state index contributed by atoms with van der Waals surface area (Å²) in [5, 5.41) is 0. The molecule has 0 aromatic heterocycles. The molecule has 0 radical (unpaired) electrons. The predicted molar refractivity (Wildman–Crippen MR) is 50.9 cm³/mol. The van der Waals surface area contributed by atoms with Crippen molar-refractivity contribution >= 4 is 5.96 Å². The molecule has 1 unspecified atom stereocenters. The molecule has 1 aliphatic rings.